The van der Waals surface area contributed by atoms with E-state index in [0.29, 0.717) is 6.07 Å². The molecular weight excluding hydrogens is 543 g/mol. The highest BCUT2D eigenvalue weighted by molar-refractivity contribution is 7.92. The summed E-state index contributed by atoms with van der Waals surface area (Å²) >= 11 is 0. The van der Waals surface area contributed by atoms with Crippen molar-refractivity contribution in [2.75, 3.05) is 14.2 Å². The molecule has 2 aromatic rings. The van der Waals surface area contributed by atoms with Gasteiger partial charge in [-0.05, 0) is 43.0 Å². The summed E-state index contributed by atoms with van der Waals surface area (Å²) in [7, 11) is -2.27. The summed E-state index contributed by atoms with van der Waals surface area (Å²) in [6.07, 6.45) is -6.43. The van der Waals surface area contributed by atoms with Crippen molar-refractivity contribution in [2.24, 2.45) is 22.5 Å². The molecule has 1 amide bonds. The minimum absolute atomic E-state index is 0.0516. The van der Waals surface area contributed by atoms with Gasteiger partial charge in [0.15, 0.2) is 9.84 Å². The van der Waals surface area contributed by atoms with E-state index >= 15 is 0 Å². The van der Waals surface area contributed by atoms with Gasteiger partial charge in [0.1, 0.15) is 10.8 Å². The summed E-state index contributed by atoms with van der Waals surface area (Å²) in [5.41, 5.74) is 0.406. The second kappa shape index (κ2) is 9.49. The maximum absolute atomic E-state index is 14.2. The van der Waals surface area contributed by atoms with Gasteiger partial charge in [-0.1, -0.05) is 6.07 Å². The van der Waals surface area contributed by atoms with Crippen LogP contribution in [-0.2, 0) is 30.3 Å². The lowest BCUT2D eigenvalue weighted by molar-refractivity contribution is -0.159. The molecule has 1 aromatic heterocycles. The fraction of sp³-hybridized carbons (Fsp3) is 0.440. The second-order valence-corrected chi connectivity index (χ2v) is 11.9. The van der Waals surface area contributed by atoms with E-state index < -0.39 is 79.3 Å². The smallest absolute Gasteiger partial charge is 0.417 e. The van der Waals surface area contributed by atoms with Gasteiger partial charge >= 0.3 is 12.1 Å². The van der Waals surface area contributed by atoms with Crippen molar-refractivity contribution in [1.82, 2.24) is 4.98 Å². The van der Waals surface area contributed by atoms with Gasteiger partial charge < -0.3 is 20.3 Å². The summed E-state index contributed by atoms with van der Waals surface area (Å²) in [6.45, 7) is 0. The van der Waals surface area contributed by atoms with Crippen LogP contribution in [0.4, 0.5) is 13.2 Å². The number of aromatic nitrogens is 1. The molecule has 1 heterocycles. The number of amides is 1. The highest BCUT2D eigenvalue weighted by atomic mass is 32.2. The predicted octanol–water partition coefficient (Wildman–Crippen LogP) is 2.81. The monoisotopic (exact) mass is 567 g/mol. The number of rotatable bonds is 8. The molecule has 0 radical (unpaired) electrons. The van der Waals surface area contributed by atoms with E-state index in [4.69, 9.17) is 15.2 Å². The number of carboxylic acids is 1. The lowest BCUT2D eigenvalue weighted by Gasteiger charge is -2.31. The average Bonchev–Trinajstić information content (AvgIpc) is 3.52. The molecule has 10 nitrogen and oxygen atoms in total. The Morgan fingerprint density at radius 2 is 1.85 bits per heavy atom. The third-order valence-corrected chi connectivity index (χ3v) is 10.0. The summed E-state index contributed by atoms with van der Waals surface area (Å²) in [4.78, 5) is 27.5. The van der Waals surface area contributed by atoms with Crippen LogP contribution in [0.15, 0.2) is 41.4 Å². The summed E-state index contributed by atoms with van der Waals surface area (Å²) in [5, 5.41) is 18.1. The second-order valence-electron chi connectivity index (χ2n) is 9.68. The average molecular weight is 568 g/mol. The molecule has 39 heavy (non-hydrogen) atoms. The topological polar surface area (TPSA) is 170 Å². The number of benzene rings is 1. The van der Waals surface area contributed by atoms with Crippen LogP contribution in [0.25, 0.3) is 11.1 Å². The van der Waals surface area contributed by atoms with E-state index in [1.165, 1.54) is 31.5 Å². The first kappa shape index (κ1) is 28.3. The Morgan fingerprint density at radius 1 is 1.18 bits per heavy atom. The molecule has 4 rings (SSSR count). The lowest BCUT2D eigenvalue weighted by atomic mass is 9.75. The number of nitrogens with zero attached hydrogens (tertiary/aromatic N) is 2. The molecule has 0 bridgehead atoms. The quantitative estimate of drug-likeness (QED) is 0.487. The molecule has 208 valence electrons. The van der Waals surface area contributed by atoms with Gasteiger partial charge in [0.2, 0.25) is 11.8 Å². The number of sulfone groups is 1. The highest BCUT2D eigenvalue weighted by Gasteiger charge is 2.75. The molecule has 5 atom stereocenters. The Hall–Kier alpha value is -3.70. The number of hydrogen-bond donors (Lipinski definition) is 2. The molecule has 0 spiro atoms. The number of aliphatic carboxylic acids is 1. The third-order valence-electron chi connectivity index (χ3n) is 7.83. The first-order valence-electron chi connectivity index (χ1n) is 11.6. The minimum Gasteiger partial charge on any atom is -0.481 e. The van der Waals surface area contributed by atoms with Crippen molar-refractivity contribution >= 4 is 21.7 Å². The SMILES string of the molecule is COc1ccc(-c2ccc(S(=O)(=O)[C@@H]3C[C@H](OC)[C@@](C(=O)O)(C4CC4(C#N)C(N)=O)C3)c(C(F)(F)F)c2)cn1. The zero-order chi connectivity index (χ0) is 29.0. The van der Waals surface area contributed by atoms with Crippen LogP contribution < -0.4 is 10.5 Å². The third kappa shape index (κ3) is 4.39. The first-order chi connectivity index (χ1) is 18.2. The predicted molar refractivity (Wildman–Crippen MR) is 128 cm³/mol. The molecule has 2 unspecified atom stereocenters. The van der Waals surface area contributed by atoms with Gasteiger partial charge in [0.05, 0.1) is 35.0 Å². The Kier molecular flexibility index (Phi) is 6.89. The number of halogens is 3. The number of methoxy groups -OCH3 is 2. The van der Waals surface area contributed by atoms with Crippen molar-refractivity contribution in [3.8, 4) is 23.1 Å². The van der Waals surface area contributed by atoms with Crippen LogP contribution >= 0.6 is 0 Å². The number of carboxylic acid groups (broad SMARTS) is 1. The number of hydrogen-bond acceptors (Lipinski definition) is 8. The van der Waals surface area contributed by atoms with Crippen LogP contribution in [0.2, 0.25) is 0 Å². The largest absolute Gasteiger partial charge is 0.481 e. The summed E-state index contributed by atoms with van der Waals surface area (Å²) in [5.74, 6) is -3.51. The van der Waals surface area contributed by atoms with Crippen molar-refractivity contribution in [3.63, 3.8) is 0 Å². The van der Waals surface area contributed by atoms with E-state index in [1.54, 1.807) is 6.07 Å². The van der Waals surface area contributed by atoms with Gasteiger partial charge in [-0.15, -0.1) is 0 Å². The number of ether oxygens (including phenoxy) is 2. The molecule has 2 fully saturated rings. The molecular formula is C25H24F3N3O7S. The zero-order valence-electron chi connectivity index (χ0n) is 20.7. The van der Waals surface area contributed by atoms with Gasteiger partial charge in [0, 0.05) is 30.9 Å². The van der Waals surface area contributed by atoms with E-state index in [0.717, 1.165) is 13.2 Å². The van der Waals surface area contributed by atoms with E-state index in [2.05, 4.69) is 4.98 Å². The summed E-state index contributed by atoms with van der Waals surface area (Å²) in [6, 6.07) is 7.37. The zero-order valence-corrected chi connectivity index (χ0v) is 21.5. The molecule has 2 aliphatic rings. The summed E-state index contributed by atoms with van der Waals surface area (Å²) < 4.78 is 80.1. The van der Waals surface area contributed by atoms with Crippen LogP contribution in [0.5, 0.6) is 5.88 Å². The number of nitrogens with two attached hydrogens (primary N) is 1. The van der Waals surface area contributed by atoms with Crippen LogP contribution in [0.1, 0.15) is 24.8 Å². The van der Waals surface area contributed by atoms with Crippen molar-refractivity contribution in [2.45, 2.75) is 41.7 Å². The van der Waals surface area contributed by atoms with Crippen molar-refractivity contribution in [3.05, 3.63) is 42.1 Å². The van der Waals surface area contributed by atoms with Gasteiger partial charge in [-0.2, -0.15) is 18.4 Å². The molecule has 0 saturated heterocycles. The number of alkyl halides is 3. The maximum Gasteiger partial charge on any atom is 0.417 e. The fourth-order valence-corrected chi connectivity index (χ4v) is 7.71. The molecule has 1 aromatic carbocycles. The molecule has 0 aliphatic heterocycles. The van der Waals surface area contributed by atoms with E-state index in [1.807, 2.05) is 0 Å². The fourth-order valence-electron chi connectivity index (χ4n) is 5.69. The Balaban J connectivity index is 1.78. The Bertz CT molecular complexity index is 1470. The normalized spacial score (nSPS) is 28.5. The number of primary amides is 1. The van der Waals surface area contributed by atoms with Gasteiger partial charge in [-0.3, -0.25) is 9.59 Å². The highest BCUT2D eigenvalue weighted by Crippen LogP contribution is 2.66. The number of carbonyl (C=O) groups excluding carboxylic acids is 1. The van der Waals surface area contributed by atoms with E-state index in [9.17, 15) is 41.5 Å². The standard InChI is InChI=1S/C25H24F3N3O7S/c1-37-19-8-15(9-24(19,22(33)34)18-10-23(18,12-29)21(30)32)39(35,36)17-5-3-13(7-16(17)25(26,27)28)14-4-6-20(38-2)31-11-14/h3-7,11,15,18-19H,8-10H2,1-2H3,(H2,30,32)(H,33,34)/t15-,18?,19+,23?,24+/m1/s1. The minimum atomic E-state index is -5.07. The van der Waals surface area contributed by atoms with Gasteiger partial charge in [-0.25, -0.2) is 13.4 Å². The van der Waals surface area contributed by atoms with E-state index in [-0.39, 0.29) is 23.4 Å². The molecule has 14 heteroatoms. The number of nitriles is 1. The van der Waals surface area contributed by atoms with Crippen molar-refractivity contribution < 1.29 is 45.8 Å². The first-order valence-corrected chi connectivity index (χ1v) is 13.2. The van der Waals surface area contributed by atoms with Crippen molar-refractivity contribution in [1.29, 1.82) is 5.26 Å². The Labute approximate surface area is 221 Å². The van der Waals surface area contributed by atoms with Gasteiger partial charge in [0.25, 0.3) is 0 Å². The number of pyridine rings is 1. The Morgan fingerprint density at radius 3 is 2.31 bits per heavy atom. The van der Waals surface area contributed by atoms with Crippen LogP contribution in [0.3, 0.4) is 0 Å². The maximum atomic E-state index is 14.2. The number of carbonyl (C=O) groups is 2. The van der Waals surface area contributed by atoms with Crippen LogP contribution in [-0.4, -0.2) is 56.0 Å². The van der Waals surface area contributed by atoms with Crippen LogP contribution in [0, 0.1) is 28.1 Å². The molecule has 3 N–H and O–H groups in total. The molecule has 2 aliphatic carbocycles. The lowest BCUT2D eigenvalue weighted by Crippen LogP contribution is -2.44. The molecule has 2 saturated carbocycles.